The van der Waals surface area contributed by atoms with Crippen molar-refractivity contribution < 1.29 is 4.92 Å². The monoisotopic (exact) mass is 256 g/mol. The number of hydrogen-bond donors (Lipinski definition) is 0. The Hall–Kier alpha value is -2.36. The zero-order chi connectivity index (χ0) is 13.8. The highest BCUT2D eigenvalue weighted by molar-refractivity contribution is 5.67. The van der Waals surface area contributed by atoms with Gasteiger partial charge in [-0.15, -0.1) is 0 Å². The Balaban J connectivity index is 2.42. The van der Waals surface area contributed by atoms with Gasteiger partial charge in [0.2, 0.25) is 0 Å². The van der Waals surface area contributed by atoms with Gasteiger partial charge in [-0.2, -0.15) is 0 Å². The average Bonchev–Trinajstić information content (AvgIpc) is 2.46. The third kappa shape index (κ3) is 2.73. The molecule has 2 aromatic rings. The van der Waals surface area contributed by atoms with E-state index in [2.05, 4.69) is 0 Å². The number of anilines is 2. The number of para-hydroxylation sites is 1. The van der Waals surface area contributed by atoms with E-state index in [1.807, 2.05) is 55.3 Å². The molecule has 0 heterocycles. The molecule has 0 bridgehead atoms. The quantitative estimate of drug-likeness (QED) is 0.615. The van der Waals surface area contributed by atoms with Crippen LogP contribution in [0.25, 0.3) is 0 Å². The van der Waals surface area contributed by atoms with Gasteiger partial charge in [0.05, 0.1) is 4.92 Å². The average molecular weight is 256 g/mol. The summed E-state index contributed by atoms with van der Waals surface area (Å²) < 4.78 is 0. The standard InChI is InChI=1S/C15H16N2O2/c1-3-12-11-14(17(18)19)9-10-15(12)16(2)13-7-5-4-6-8-13/h4-11H,3H2,1-2H3. The smallest absolute Gasteiger partial charge is 0.269 e. The van der Waals surface area contributed by atoms with Gasteiger partial charge in [0.25, 0.3) is 5.69 Å². The Labute approximate surface area is 112 Å². The second-order valence-corrected chi connectivity index (χ2v) is 4.32. The molecular weight excluding hydrogens is 240 g/mol. The molecule has 4 heteroatoms. The largest absolute Gasteiger partial charge is 0.344 e. The van der Waals surface area contributed by atoms with Crippen molar-refractivity contribution in [1.82, 2.24) is 0 Å². The Morgan fingerprint density at radius 1 is 1.16 bits per heavy atom. The molecule has 0 fully saturated rings. The van der Waals surface area contributed by atoms with E-state index in [1.165, 1.54) is 0 Å². The zero-order valence-electron chi connectivity index (χ0n) is 11.0. The first-order valence-electron chi connectivity index (χ1n) is 6.19. The van der Waals surface area contributed by atoms with E-state index in [1.54, 1.807) is 12.1 Å². The van der Waals surface area contributed by atoms with Crippen LogP contribution in [0, 0.1) is 10.1 Å². The highest BCUT2D eigenvalue weighted by Gasteiger charge is 2.13. The molecule has 0 unspecified atom stereocenters. The van der Waals surface area contributed by atoms with Crippen LogP contribution in [0.2, 0.25) is 0 Å². The fourth-order valence-electron chi connectivity index (χ4n) is 2.09. The molecule has 0 saturated carbocycles. The van der Waals surface area contributed by atoms with Gasteiger partial charge in [0, 0.05) is 30.6 Å². The Kier molecular flexibility index (Phi) is 3.80. The molecule has 0 amide bonds. The molecule has 19 heavy (non-hydrogen) atoms. The number of benzene rings is 2. The fourth-order valence-corrected chi connectivity index (χ4v) is 2.09. The van der Waals surface area contributed by atoms with Gasteiger partial charge in [-0.25, -0.2) is 0 Å². The molecule has 0 spiro atoms. The third-order valence-electron chi connectivity index (χ3n) is 3.16. The predicted octanol–water partition coefficient (Wildman–Crippen LogP) is 3.93. The summed E-state index contributed by atoms with van der Waals surface area (Å²) in [4.78, 5) is 12.5. The Morgan fingerprint density at radius 3 is 2.42 bits per heavy atom. The van der Waals surface area contributed by atoms with Gasteiger partial charge in [-0.3, -0.25) is 10.1 Å². The van der Waals surface area contributed by atoms with Gasteiger partial charge in [-0.05, 0) is 30.2 Å². The van der Waals surface area contributed by atoms with Crippen LogP contribution in [-0.2, 0) is 6.42 Å². The summed E-state index contributed by atoms with van der Waals surface area (Å²) >= 11 is 0. The van der Waals surface area contributed by atoms with Gasteiger partial charge < -0.3 is 4.90 Å². The minimum atomic E-state index is -0.356. The van der Waals surface area contributed by atoms with Gasteiger partial charge in [-0.1, -0.05) is 25.1 Å². The number of nitro benzene ring substituents is 1. The van der Waals surface area contributed by atoms with Crippen LogP contribution in [-0.4, -0.2) is 12.0 Å². The molecule has 0 aliphatic rings. The normalized spacial score (nSPS) is 10.2. The van der Waals surface area contributed by atoms with Crippen LogP contribution in [0.1, 0.15) is 12.5 Å². The molecule has 0 aliphatic carbocycles. The number of rotatable bonds is 4. The first-order chi connectivity index (χ1) is 9.13. The predicted molar refractivity (Wildman–Crippen MR) is 77.0 cm³/mol. The summed E-state index contributed by atoms with van der Waals surface area (Å²) in [6, 6.07) is 15.0. The molecule has 0 aliphatic heterocycles. The minimum absolute atomic E-state index is 0.141. The van der Waals surface area contributed by atoms with Crippen molar-refractivity contribution in [3.05, 3.63) is 64.2 Å². The number of nitro groups is 1. The number of nitrogens with zero attached hydrogens (tertiary/aromatic N) is 2. The lowest BCUT2D eigenvalue weighted by Gasteiger charge is -2.22. The first-order valence-corrected chi connectivity index (χ1v) is 6.19. The van der Waals surface area contributed by atoms with Gasteiger partial charge in [0.15, 0.2) is 0 Å². The fraction of sp³-hybridized carbons (Fsp3) is 0.200. The molecule has 98 valence electrons. The van der Waals surface area contributed by atoms with E-state index in [0.717, 1.165) is 23.4 Å². The Bertz CT molecular complexity index is 582. The van der Waals surface area contributed by atoms with Crippen molar-refractivity contribution in [2.75, 3.05) is 11.9 Å². The van der Waals surface area contributed by atoms with E-state index in [-0.39, 0.29) is 10.6 Å². The van der Waals surface area contributed by atoms with E-state index >= 15 is 0 Å². The highest BCUT2D eigenvalue weighted by Crippen LogP contribution is 2.30. The van der Waals surface area contributed by atoms with E-state index < -0.39 is 0 Å². The maximum atomic E-state index is 10.8. The number of aryl methyl sites for hydroxylation is 1. The van der Waals surface area contributed by atoms with Crippen LogP contribution in [0.5, 0.6) is 0 Å². The second kappa shape index (κ2) is 5.52. The molecule has 0 saturated heterocycles. The van der Waals surface area contributed by atoms with Crippen molar-refractivity contribution in [2.45, 2.75) is 13.3 Å². The second-order valence-electron chi connectivity index (χ2n) is 4.32. The summed E-state index contributed by atoms with van der Waals surface area (Å²) in [6.45, 7) is 2.00. The van der Waals surface area contributed by atoms with Crippen molar-refractivity contribution in [2.24, 2.45) is 0 Å². The molecule has 4 nitrogen and oxygen atoms in total. The topological polar surface area (TPSA) is 46.4 Å². The van der Waals surface area contributed by atoms with Crippen LogP contribution in [0.4, 0.5) is 17.1 Å². The molecular formula is C15H16N2O2. The van der Waals surface area contributed by atoms with Crippen molar-refractivity contribution in [3.8, 4) is 0 Å². The van der Waals surface area contributed by atoms with Crippen LogP contribution in [0.3, 0.4) is 0 Å². The molecule has 0 radical (unpaired) electrons. The van der Waals surface area contributed by atoms with Crippen molar-refractivity contribution in [3.63, 3.8) is 0 Å². The molecule has 0 N–H and O–H groups in total. The SMILES string of the molecule is CCc1cc([N+](=O)[O-])ccc1N(C)c1ccccc1. The first kappa shape index (κ1) is 13.1. The number of hydrogen-bond acceptors (Lipinski definition) is 3. The lowest BCUT2D eigenvalue weighted by Crippen LogP contribution is -2.11. The van der Waals surface area contributed by atoms with Crippen molar-refractivity contribution in [1.29, 1.82) is 0 Å². The lowest BCUT2D eigenvalue weighted by molar-refractivity contribution is -0.384. The highest BCUT2D eigenvalue weighted by atomic mass is 16.6. The van der Waals surface area contributed by atoms with E-state index in [9.17, 15) is 10.1 Å². The zero-order valence-corrected chi connectivity index (χ0v) is 11.0. The summed E-state index contributed by atoms with van der Waals surface area (Å²) in [6.07, 6.45) is 0.758. The maximum absolute atomic E-state index is 10.8. The molecule has 0 aromatic heterocycles. The van der Waals surface area contributed by atoms with E-state index in [0.29, 0.717) is 0 Å². The molecule has 2 rings (SSSR count). The number of non-ortho nitro benzene ring substituents is 1. The Morgan fingerprint density at radius 2 is 1.84 bits per heavy atom. The summed E-state index contributed by atoms with van der Waals surface area (Å²) in [5.74, 6) is 0. The maximum Gasteiger partial charge on any atom is 0.269 e. The summed E-state index contributed by atoms with van der Waals surface area (Å²) in [5, 5.41) is 10.8. The van der Waals surface area contributed by atoms with Gasteiger partial charge >= 0.3 is 0 Å². The minimum Gasteiger partial charge on any atom is -0.344 e. The van der Waals surface area contributed by atoms with E-state index in [4.69, 9.17) is 0 Å². The van der Waals surface area contributed by atoms with Crippen molar-refractivity contribution >= 4 is 17.1 Å². The molecule has 2 aromatic carbocycles. The van der Waals surface area contributed by atoms with Gasteiger partial charge in [0.1, 0.15) is 0 Å². The lowest BCUT2D eigenvalue weighted by atomic mass is 10.1. The van der Waals surface area contributed by atoms with Crippen LogP contribution >= 0.6 is 0 Å². The summed E-state index contributed by atoms with van der Waals surface area (Å²) in [7, 11) is 1.97. The molecule has 0 atom stereocenters. The summed E-state index contributed by atoms with van der Waals surface area (Å²) in [5.41, 5.74) is 3.17. The van der Waals surface area contributed by atoms with Crippen LogP contribution in [0.15, 0.2) is 48.5 Å². The third-order valence-corrected chi connectivity index (χ3v) is 3.16. The van der Waals surface area contributed by atoms with Crippen LogP contribution < -0.4 is 4.90 Å².